The number of ether oxygens (including phenoxy) is 1. The lowest BCUT2D eigenvalue weighted by atomic mass is 10.1. The lowest BCUT2D eigenvalue weighted by Gasteiger charge is -2.07. The summed E-state index contributed by atoms with van der Waals surface area (Å²) in [6.07, 6.45) is 1.37. The van der Waals surface area contributed by atoms with Crippen LogP contribution < -0.4 is 15.8 Å². The molecule has 0 fully saturated rings. The number of nitro groups is 1. The van der Waals surface area contributed by atoms with Gasteiger partial charge < -0.3 is 15.8 Å². The first-order valence-corrected chi connectivity index (χ1v) is 8.47. The van der Waals surface area contributed by atoms with Crippen molar-refractivity contribution < 1.29 is 19.2 Å². The molecular formula is C18H13BrN4O5. The topological polar surface area (TPSA) is 148 Å². The van der Waals surface area contributed by atoms with E-state index in [4.69, 9.17) is 10.5 Å². The molecule has 0 aliphatic heterocycles. The second-order valence-electron chi connectivity index (χ2n) is 5.37. The van der Waals surface area contributed by atoms with Gasteiger partial charge in [0.2, 0.25) is 0 Å². The van der Waals surface area contributed by atoms with E-state index in [1.165, 1.54) is 24.3 Å². The SMILES string of the molecule is N#CC(=Cc1ccc(OCC(N)=O)cc1)C(=O)Nc1ccc([N+](=O)[O-])cc1Br. The highest BCUT2D eigenvalue weighted by Crippen LogP contribution is 2.27. The predicted octanol–water partition coefficient (Wildman–Crippen LogP) is 2.77. The number of primary amides is 1. The summed E-state index contributed by atoms with van der Waals surface area (Å²) in [5.74, 6) is -0.871. The van der Waals surface area contributed by atoms with Gasteiger partial charge in [-0.25, -0.2) is 0 Å². The Labute approximate surface area is 167 Å². The van der Waals surface area contributed by atoms with Gasteiger partial charge in [-0.3, -0.25) is 19.7 Å². The van der Waals surface area contributed by atoms with Gasteiger partial charge >= 0.3 is 0 Å². The molecule has 2 aromatic carbocycles. The van der Waals surface area contributed by atoms with Crippen LogP contribution in [0.3, 0.4) is 0 Å². The highest BCUT2D eigenvalue weighted by Gasteiger charge is 2.14. The van der Waals surface area contributed by atoms with Gasteiger partial charge in [-0.2, -0.15) is 5.26 Å². The molecule has 0 saturated heterocycles. The van der Waals surface area contributed by atoms with Gasteiger partial charge in [0.1, 0.15) is 17.4 Å². The number of carbonyl (C=O) groups excluding carboxylic acids is 2. The van der Waals surface area contributed by atoms with Crippen molar-refractivity contribution in [3.63, 3.8) is 0 Å². The molecule has 0 bridgehead atoms. The highest BCUT2D eigenvalue weighted by atomic mass is 79.9. The third kappa shape index (κ3) is 5.65. The van der Waals surface area contributed by atoms with Crippen molar-refractivity contribution in [3.05, 3.63) is 68.2 Å². The number of carbonyl (C=O) groups is 2. The standard InChI is InChI=1S/C18H13BrN4O5/c19-15-8-13(23(26)27)3-6-16(15)22-18(25)12(9-20)7-11-1-4-14(5-2-11)28-10-17(21)24/h1-8H,10H2,(H2,21,24)(H,22,25). The highest BCUT2D eigenvalue weighted by molar-refractivity contribution is 9.10. The van der Waals surface area contributed by atoms with Crippen LogP contribution in [0.5, 0.6) is 5.75 Å². The first-order chi connectivity index (χ1) is 13.3. The lowest BCUT2D eigenvalue weighted by Crippen LogP contribution is -2.19. The van der Waals surface area contributed by atoms with Crippen LogP contribution >= 0.6 is 15.9 Å². The molecule has 0 spiro atoms. The molecule has 0 saturated carbocycles. The van der Waals surface area contributed by atoms with Crippen LogP contribution in [0, 0.1) is 21.4 Å². The monoisotopic (exact) mass is 444 g/mol. The minimum atomic E-state index is -0.675. The molecule has 0 aliphatic rings. The van der Waals surface area contributed by atoms with Gasteiger partial charge in [-0.05, 0) is 45.8 Å². The number of halogens is 1. The summed E-state index contributed by atoms with van der Waals surface area (Å²) in [6, 6.07) is 12.0. The number of benzene rings is 2. The second kappa shape index (κ2) is 9.29. The van der Waals surface area contributed by atoms with Gasteiger partial charge in [0, 0.05) is 16.6 Å². The fraction of sp³-hybridized carbons (Fsp3) is 0.0556. The number of hydrogen-bond acceptors (Lipinski definition) is 6. The Hall–Kier alpha value is -3.71. The number of nitriles is 1. The lowest BCUT2D eigenvalue weighted by molar-refractivity contribution is -0.384. The van der Waals surface area contributed by atoms with Crippen LogP contribution in [0.1, 0.15) is 5.56 Å². The molecule has 0 radical (unpaired) electrons. The zero-order chi connectivity index (χ0) is 20.7. The normalized spacial score (nSPS) is 10.6. The van der Waals surface area contributed by atoms with E-state index in [-0.39, 0.29) is 23.6 Å². The summed E-state index contributed by atoms with van der Waals surface area (Å²) < 4.78 is 5.44. The molecule has 0 aliphatic carbocycles. The van der Waals surface area contributed by atoms with Gasteiger partial charge in [0.05, 0.1) is 10.6 Å². The largest absolute Gasteiger partial charge is 0.484 e. The van der Waals surface area contributed by atoms with Crippen molar-refractivity contribution in [2.75, 3.05) is 11.9 Å². The Kier molecular flexibility index (Phi) is 6.84. The number of anilines is 1. The van der Waals surface area contributed by atoms with E-state index in [0.717, 1.165) is 0 Å². The van der Waals surface area contributed by atoms with E-state index in [1.54, 1.807) is 24.3 Å². The van der Waals surface area contributed by atoms with E-state index >= 15 is 0 Å². The molecule has 9 nitrogen and oxygen atoms in total. The van der Waals surface area contributed by atoms with Crippen LogP contribution in [0.4, 0.5) is 11.4 Å². The maximum absolute atomic E-state index is 12.3. The predicted molar refractivity (Wildman–Crippen MR) is 104 cm³/mol. The number of nitrogens with two attached hydrogens (primary N) is 1. The summed E-state index contributed by atoms with van der Waals surface area (Å²) in [4.78, 5) is 33.2. The van der Waals surface area contributed by atoms with Crippen LogP contribution in [0.25, 0.3) is 6.08 Å². The van der Waals surface area contributed by atoms with E-state index in [2.05, 4.69) is 21.2 Å². The molecule has 28 heavy (non-hydrogen) atoms. The van der Waals surface area contributed by atoms with Crippen molar-refractivity contribution in [2.45, 2.75) is 0 Å². The van der Waals surface area contributed by atoms with Crippen molar-refractivity contribution >= 4 is 45.2 Å². The zero-order valence-electron chi connectivity index (χ0n) is 14.2. The molecule has 0 heterocycles. The van der Waals surface area contributed by atoms with Crippen molar-refractivity contribution in [3.8, 4) is 11.8 Å². The van der Waals surface area contributed by atoms with E-state index in [9.17, 15) is 25.0 Å². The van der Waals surface area contributed by atoms with E-state index in [0.29, 0.717) is 15.8 Å². The van der Waals surface area contributed by atoms with Gasteiger partial charge in [-0.15, -0.1) is 0 Å². The fourth-order valence-corrected chi connectivity index (χ4v) is 2.50. The van der Waals surface area contributed by atoms with E-state index < -0.39 is 16.7 Å². The number of non-ortho nitro benzene ring substituents is 1. The molecule has 10 heteroatoms. The van der Waals surface area contributed by atoms with Crippen molar-refractivity contribution in [2.24, 2.45) is 5.73 Å². The number of amides is 2. The molecule has 3 N–H and O–H groups in total. The molecule has 2 rings (SSSR count). The number of nitrogens with one attached hydrogen (secondary N) is 1. The number of nitro benzene ring substituents is 1. The summed E-state index contributed by atoms with van der Waals surface area (Å²) in [5.41, 5.74) is 5.52. The Morgan fingerprint density at radius 1 is 1.29 bits per heavy atom. The molecule has 0 atom stereocenters. The first-order valence-electron chi connectivity index (χ1n) is 7.68. The molecule has 2 amide bonds. The minimum absolute atomic E-state index is 0.139. The van der Waals surface area contributed by atoms with E-state index in [1.807, 2.05) is 6.07 Å². The Morgan fingerprint density at radius 2 is 1.96 bits per heavy atom. The maximum Gasteiger partial charge on any atom is 0.270 e. The summed E-state index contributed by atoms with van der Waals surface area (Å²) in [6.45, 7) is -0.259. The molecular weight excluding hydrogens is 432 g/mol. The summed E-state index contributed by atoms with van der Waals surface area (Å²) in [5, 5.41) is 22.5. The zero-order valence-corrected chi connectivity index (χ0v) is 15.8. The minimum Gasteiger partial charge on any atom is -0.484 e. The Bertz CT molecular complexity index is 996. The number of hydrogen-bond donors (Lipinski definition) is 2. The third-order valence-electron chi connectivity index (χ3n) is 3.35. The summed E-state index contributed by atoms with van der Waals surface area (Å²) >= 11 is 3.15. The summed E-state index contributed by atoms with van der Waals surface area (Å²) in [7, 11) is 0. The fourth-order valence-electron chi connectivity index (χ4n) is 2.04. The first kappa shape index (κ1) is 20.6. The van der Waals surface area contributed by atoms with Gasteiger partial charge in [-0.1, -0.05) is 12.1 Å². The molecule has 0 unspecified atom stereocenters. The van der Waals surface area contributed by atoms with Crippen LogP contribution in [0.2, 0.25) is 0 Å². The smallest absolute Gasteiger partial charge is 0.270 e. The average molecular weight is 445 g/mol. The Balaban J connectivity index is 2.14. The Morgan fingerprint density at radius 3 is 2.50 bits per heavy atom. The molecule has 0 aromatic heterocycles. The number of nitrogens with zero attached hydrogens (tertiary/aromatic N) is 2. The van der Waals surface area contributed by atoms with Crippen molar-refractivity contribution in [1.82, 2.24) is 0 Å². The van der Waals surface area contributed by atoms with Crippen molar-refractivity contribution in [1.29, 1.82) is 5.26 Å². The van der Waals surface area contributed by atoms with Gasteiger partial charge in [0.25, 0.3) is 17.5 Å². The molecule has 2 aromatic rings. The number of rotatable bonds is 7. The quantitative estimate of drug-likeness (QED) is 0.290. The van der Waals surface area contributed by atoms with Crippen LogP contribution in [0.15, 0.2) is 52.5 Å². The van der Waals surface area contributed by atoms with Crippen LogP contribution in [-0.2, 0) is 9.59 Å². The maximum atomic E-state index is 12.3. The molecule has 142 valence electrons. The average Bonchev–Trinajstić information content (AvgIpc) is 2.66. The third-order valence-corrected chi connectivity index (χ3v) is 4.01. The second-order valence-corrected chi connectivity index (χ2v) is 6.22. The van der Waals surface area contributed by atoms with Gasteiger partial charge in [0.15, 0.2) is 6.61 Å². The van der Waals surface area contributed by atoms with Crippen LogP contribution in [-0.4, -0.2) is 23.3 Å².